The third-order valence-electron chi connectivity index (χ3n) is 4.53. The first kappa shape index (κ1) is 23.6. The first-order chi connectivity index (χ1) is 14.2. The lowest BCUT2D eigenvalue weighted by Crippen LogP contribution is -2.35. The Kier molecular flexibility index (Phi) is 8.18. The summed E-state index contributed by atoms with van der Waals surface area (Å²) in [5.41, 5.74) is 3.69. The zero-order valence-corrected chi connectivity index (χ0v) is 17.0. The molecule has 8 nitrogen and oxygen atoms in total. The number of halogens is 3. The van der Waals surface area contributed by atoms with Crippen LogP contribution in [0.5, 0.6) is 5.88 Å². The summed E-state index contributed by atoms with van der Waals surface area (Å²) in [5, 5.41) is 11.6. The summed E-state index contributed by atoms with van der Waals surface area (Å²) in [5.74, 6) is -1.72. The number of ether oxygens (including phenoxy) is 2. The van der Waals surface area contributed by atoms with Crippen molar-refractivity contribution in [2.24, 2.45) is 7.05 Å². The quantitative estimate of drug-likeness (QED) is 0.754. The van der Waals surface area contributed by atoms with Crippen LogP contribution < -0.4 is 4.74 Å². The Morgan fingerprint density at radius 1 is 1.40 bits per heavy atom. The molecule has 1 unspecified atom stereocenters. The van der Waals surface area contributed by atoms with Crippen LogP contribution in [0.2, 0.25) is 0 Å². The molecule has 1 N–H and O–H groups in total. The van der Waals surface area contributed by atoms with Gasteiger partial charge in [0.2, 0.25) is 5.88 Å². The third kappa shape index (κ3) is 6.17. The van der Waals surface area contributed by atoms with Gasteiger partial charge in [-0.25, -0.2) is 9.78 Å². The van der Waals surface area contributed by atoms with E-state index in [1.165, 1.54) is 11.3 Å². The molecule has 30 heavy (non-hydrogen) atoms. The van der Waals surface area contributed by atoms with Crippen LogP contribution in [0, 0.1) is 0 Å². The molecule has 166 valence electrons. The first-order valence-electron chi connectivity index (χ1n) is 9.26. The van der Waals surface area contributed by atoms with Crippen molar-refractivity contribution in [2.75, 3.05) is 26.9 Å². The van der Waals surface area contributed by atoms with E-state index in [0.29, 0.717) is 11.8 Å². The largest absolute Gasteiger partial charge is 0.490 e. The van der Waals surface area contributed by atoms with Crippen LogP contribution in [-0.2, 0) is 29.7 Å². The zero-order valence-electron chi connectivity index (χ0n) is 17.0. The minimum absolute atomic E-state index is 0.342. The third-order valence-corrected chi connectivity index (χ3v) is 4.53. The molecular formula is C19H25F3N4O4. The molecule has 2 aromatic rings. The summed E-state index contributed by atoms with van der Waals surface area (Å²) >= 11 is 0. The van der Waals surface area contributed by atoms with Gasteiger partial charge in [-0.1, -0.05) is 6.07 Å². The predicted octanol–water partition coefficient (Wildman–Crippen LogP) is 2.59. The van der Waals surface area contributed by atoms with Crippen molar-refractivity contribution in [3.63, 3.8) is 0 Å². The number of alkyl halides is 3. The Morgan fingerprint density at radius 2 is 2.10 bits per heavy atom. The maximum atomic E-state index is 10.6. The molecule has 3 heterocycles. The molecule has 0 fully saturated rings. The number of aryl methyl sites for hydroxylation is 1. The SMILES string of the molecule is CCOCC1CN(Cc2cccnc2OC)Cc2cnn(C)c21.O=C(O)C(F)(F)F. The average molecular weight is 430 g/mol. The van der Waals surface area contributed by atoms with Crippen LogP contribution in [0.15, 0.2) is 24.5 Å². The summed E-state index contributed by atoms with van der Waals surface area (Å²) in [6, 6.07) is 4.02. The number of methoxy groups -OCH3 is 1. The standard InChI is InChI=1S/C17H24N4O2.C2HF3O2/c1-4-23-12-15-11-21(10-14-8-19-20(2)16(14)15)9-13-6-5-7-18-17(13)22-3;3-2(4,5)1(6)7/h5-8,15H,4,9-12H2,1-3H3;(H,6,7). The number of aliphatic carboxylic acids is 1. The number of fused-ring (bicyclic) bond motifs is 1. The zero-order chi connectivity index (χ0) is 22.3. The van der Waals surface area contributed by atoms with Gasteiger partial charge in [0, 0.05) is 62.2 Å². The van der Waals surface area contributed by atoms with E-state index in [1.807, 2.05) is 30.9 Å². The molecule has 0 spiro atoms. The molecule has 2 aromatic heterocycles. The molecule has 0 aliphatic carbocycles. The van der Waals surface area contributed by atoms with Gasteiger partial charge in [-0.15, -0.1) is 0 Å². The van der Waals surface area contributed by atoms with Crippen molar-refractivity contribution in [1.29, 1.82) is 0 Å². The fourth-order valence-corrected chi connectivity index (χ4v) is 3.33. The predicted molar refractivity (Wildman–Crippen MR) is 101 cm³/mol. The second-order valence-electron chi connectivity index (χ2n) is 6.68. The molecule has 0 radical (unpaired) electrons. The van der Waals surface area contributed by atoms with Crippen LogP contribution in [-0.4, -0.2) is 63.8 Å². The number of aromatic nitrogens is 3. The Hall–Kier alpha value is -2.66. The summed E-state index contributed by atoms with van der Waals surface area (Å²) in [4.78, 5) is 15.6. The van der Waals surface area contributed by atoms with Gasteiger partial charge < -0.3 is 14.6 Å². The number of pyridine rings is 1. The molecule has 11 heteroatoms. The van der Waals surface area contributed by atoms with Crippen LogP contribution in [0.4, 0.5) is 13.2 Å². The molecule has 0 saturated heterocycles. The Morgan fingerprint density at radius 3 is 2.70 bits per heavy atom. The maximum absolute atomic E-state index is 10.6. The van der Waals surface area contributed by atoms with Gasteiger partial charge in [-0.2, -0.15) is 18.3 Å². The number of nitrogens with zero attached hydrogens (tertiary/aromatic N) is 4. The number of hydrogen-bond acceptors (Lipinski definition) is 6. The molecular weight excluding hydrogens is 405 g/mol. The summed E-state index contributed by atoms with van der Waals surface area (Å²) in [7, 11) is 3.68. The van der Waals surface area contributed by atoms with E-state index in [1.54, 1.807) is 13.3 Å². The maximum Gasteiger partial charge on any atom is 0.490 e. The van der Waals surface area contributed by atoms with Gasteiger partial charge in [0.15, 0.2) is 0 Å². The molecule has 0 aromatic carbocycles. The number of carboxylic acids is 1. The Balaban J connectivity index is 0.000000396. The lowest BCUT2D eigenvalue weighted by Gasteiger charge is -2.33. The lowest BCUT2D eigenvalue weighted by molar-refractivity contribution is -0.192. The molecule has 0 saturated carbocycles. The molecule has 1 aliphatic heterocycles. The van der Waals surface area contributed by atoms with Crippen molar-refractivity contribution < 1.29 is 32.5 Å². The fourth-order valence-electron chi connectivity index (χ4n) is 3.33. The summed E-state index contributed by atoms with van der Waals surface area (Å²) in [6.45, 7) is 6.15. The molecule has 3 rings (SSSR count). The first-order valence-corrected chi connectivity index (χ1v) is 9.26. The van der Waals surface area contributed by atoms with Crippen molar-refractivity contribution in [2.45, 2.75) is 32.1 Å². The van der Waals surface area contributed by atoms with Gasteiger partial charge in [0.1, 0.15) is 0 Å². The lowest BCUT2D eigenvalue weighted by atomic mass is 9.96. The molecule has 1 atom stereocenters. The second kappa shape index (κ2) is 10.4. The van der Waals surface area contributed by atoms with E-state index in [-0.39, 0.29) is 0 Å². The van der Waals surface area contributed by atoms with Crippen LogP contribution in [0.1, 0.15) is 29.7 Å². The second-order valence-corrected chi connectivity index (χ2v) is 6.68. The topological polar surface area (TPSA) is 89.7 Å². The van der Waals surface area contributed by atoms with Crippen LogP contribution >= 0.6 is 0 Å². The Labute approximate surface area is 172 Å². The van der Waals surface area contributed by atoms with E-state index >= 15 is 0 Å². The van der Waals surface area contributed by atoms with Gasteiger partial charge in [0.25, 0.3) is 0 Å². The van der Waals surface area contributed by atoms with Gasteiger partial charge in [-0.3, -0.25) is 9.58 Å². The number of carboxylic acid groups (broad SMARTS) is 1. The number of hydrogen-bond donors (Lipinski definition) is 1. The smallest absolute Gasteiger partial charge is 0.481 e. The van der Waals surface area contributed by atoms with Crippen LogP contribution in [0.25, 0.3) is 0 Å². The van der Waals surface area contributed by atoms with Crippen molar-refractivity contribution in [1.82, 2.24) is 19.7 Å². The number of rotatable bonds is 6. The monoisotopic (exact) mass is 430 g/mol. The van der Waals surface area contributed by atoms with E-state index in [4.69, 9.17) is 19.4 Å². The van der Waals surface area contributed by atoms with Crippen molar-refractivity contribution in [3.05, 3.63) is 41.3 Å². The highest BCUT2D eigenvalue weighted by Crippen LogP contribution is 2.30. The van der Waals surface area contributed by atoms with E-state index in [2.05, 4.69) is 21.0 Å². The molecule has 0 amide bonds. The normalized spacial score (nSPS) is 16.4. The summed E-state index contributed by atoms with van der Waals surface area (Å²) in [6.07, 6.45) is -1.35. The highest BCUT2D eigenvalue weighted by atomic mass is 19.4. The highest BCUT2D eigenvalue weighted by molar-refractivity contribution is 5.73. The number of carbonyl (C=O) groups is 1. The fraction of sp³-hybridized carbons (Fsp3) is 0.526. The minimum atomic E-state index is -5.08. The van der Waals surface area contributed by atoms with Crippen LogP contribution in [0.3, 0.4) is 0 Å². The average Bonchev–Trinajstić information content (AvgIpc) is 3.07. The van der Waals surface area contributed by atoms with Crippen molar-refractivity contribution in [3.8, 4) is 5.88 Å². The van der Waals surface area contributed by atoms with Gasteiger partial charge >= 0.3 is 12.1 Å². The van der Waals surface area contributed by atoms with Crippen molar-refractivity contribution >= 4 is 5.97 Å². The minimum Gasteiger partial charge on any atom is -0.481 e. The molecule has 1 aliphatic rings. The van der Waals surface area contributed by atoms with E-state index in [9.17, 15) is 13.2 Å². The highest BCUT2D eigenvalue weighted by Gasteiger charge is 2.38. The summed E-state index contributed by atoms with van der Waals surface area (Å²) < 4.78 is 44.8. The van der Waals surface area contributed by atoms with Gasteiger partial charge in [-0.05, 0) is 13.0 Å². The van der Waals surface area contributed by atoms with Gasteiger partial charge in [0.05, 0.1) is 19.9 Å². The van der Waals surface area contributed by atoms with E-state index in [0.717, 1.165) is 38.4 Å². The Bertz CT molecular complexity index is 841. The van der Waals surface area contributed by atoms with E-state index < -0.39 is 12.1 Å². The molecule has 0 bridgehead atoms.